The van der Waals surface area contributed by atoms with Crippen LogP contribution in [0.5, 0.6) is 5.75 Å². The number of aromatic nitrogens is 1. The number of rotatable bonds is 6. The Labute approximate surface area is 118 Å². The molecule has 0 amide bonds. The van der Waals surface area contributed by atoms with Gasteiger partial charge in [-0.15, -0.1) is 0 Å². The summed E-state index contributed by atoms with van der Waals surface area (Å²) in [5.74, 6) is 0.246. The summed E-state index contributed by atoms with van der Waals surface area (Å²) in [4.78, 5) is 4.26. The summed E-state index contributed by atoms with van der Waals surface area (Å²) >= 11 is 0. The van der Waals surface area contributed by atoms with Crippen molar-refractivity contribution in [3.05, 3.63) is 59.2 Å². The molecule has 0 fully saturated rings. The molecule has 0 aliphatic heterocycles. The second-order valence-electron chi connectivity index (χ2n) is 4.63. The van der Waals surface area contributed by atoms with Gasteiger partial charge in [0.05, 0.1) is 5.69 Å². The highest BCUT2D eigenvalue weighted by atomic mass is 19.1. The molecule has 0 bridgehead atoms. The number of hydrogen-bond donors (Lipinski definition) is 1. The average molecular weight is 274 g/mol. The third-order valence-electron chi connectivity index (χ3n) is 3.00. The number of halogens is 1. The zero-order valence-corrected chi connectivity index (χ0v) is 11.8. The minimum Gasteiger partial charge on any atom is -0.487 e. The predicted molar refractivity (Wildman–Crippen MR) is 77.1 cm³/mol. The van der Waals surface area contributed by atoms with Crippen molar-refractivity contribution in [3.8, 4) is 5.75 Å². The fraction of sp³-hybridized carbons (Fsp3) is 0.312. The lowest BCUT2D eigenvalue weighted by Crippen LogP contribution is -2.12. The molecule has 4 heteroatoms. The van der Waals surface area contributed by atoms with Crippen molar-refractivity contribution in [2.24, 2.45) is 0 Å². The first-order valence-electron chi connectivity index (χ1n) is 6.72. The van der Waals surface area contributed by atoms with Crippen LogP contribution in [0.25, 0.3) is 0 Å². The summed E-state index contributed by atoms with van der Waals surface area (Å²) in [6, 6.07) is 8.63. The Morgan fingerprint density at radius 2 is 2.15 bits per heavy atom. The lowest BCUT2D eigenvalue weighted by Gasteiger charge is -2.10. The van der Waals surface area contributed by atoms with Crippen molar-refractivity contribution in [2.45, 2.75) is 27.0 Å². The highest BCUT2D eigenvalue weighted by Gasteiger charge is 2.04. The van der Waals surface area contributed by atoms with Crippen molar-refractivity contribution < 1.29 is 9.13 Å². The highest BCUT2D eigenvalue weighted by Crippen LogP contribution is 2.18. The first kappa shape index (κ1) is 14.5. The second kappa shape index (κ2) is 7.01. The van der Waals surface area contributed by atoms with Gasteiger partial charge in [-0.25, -0.2) is 4.39 Å². The van der Waals surface area contributed by atoms with Gasteiger partial charge < -0.3 is 10.1 Å². The molecule has 0 radical (unpaired) electrons. The van der Waals surface area contributed by atoms with Gasteiger partial charge in [0.2, 0.25) is 0 Å². The molecule has 3 nitrogen and oxygen atoms in total. The number of aryl methyl sites for hydroxylation is 1. The quantitative estimate of drug-likeness (QED) is 0.878. The average Bonchev–Trinajstić information content (AvgIpc) is 2.44. The Bertz CT molecular complexity index is 572. The number of benzene rings is 1. The molecule has 0 unspecified atom stereocenters. The molecule has 0 spiro atoms. The van der Waals surface area contributed by atoms with Gasteiger partial charge in [-0.3, -0.25) is 4.98 Å². The zero-order valence-electron chi connectivity index (χ0n) is 11.8. The zero-order chi connectivity index (χ0) is 14.4. The van der Waals surface area contributed by atoms with E-state index < -0.39 is 0 Å². The molecule has 1 aromatic heterocycles. The molecule has 1 aromatic carbocycles. The largest absolute Gasteiger partial charge is 0.487 e. The van der Waals surface area contributed by atoms with Crippen LogP contribution in [0.2, 0.25) is 0 Å². The minimum atomic E-state index is -0.284. The molecule has 0 saturated heterocycles. The van der Waals surface area contributed by atoms with Crippen molar-refractivity contribution in [1.82, 2.24) is 10.3 Å². The third kappa shape index (κ3) is 4.03. The molecule has 20 heavy (non-hydrogen) atoms. The van der Waals surface area contributed by atoms with Gasteiger partial charge in [-0.05, 0) is 42.8 Å². The number of hydrogen-bond acceptors (Lipinski definition) is 3. The Morgan fingerprint density at radius 1 is 1.30 bits per heavy atom. The Morgan fingerprint density at radius 3 is 2.90 bits per heavy atom. The lowest BCUT2D eigenvalue weighted by molar-refractivity contribution is 0.298. The van der Waals surface area contributed by atoms with E-state index in [1.54, 1.807) is 6.20 Å². The topological polar surface area (TPSA) is 34.1 Å². The number of nitrogens with one attached hydrogen (secondary N) is 1. The standard InChI is InChI=1S/C16H19FN2O/c1-3-18-10-13-7-14(17)9-15(8-13)20-11-16-12(2)5-4-6-19-16/h4-9,18H,3,10-11H2,1-2H3. The number of pyridine rings is 1. The molecule has 0 saturated carbocycles. The first-order chi connectivity index (χ1) is 9.69. The second-order valence-corrected chi connectivity index (χ2v) is 4.63. The van der Waals surface area contributed by atoms with Gasteiger partial charge in [0.25, 0.3) is 0 Å². The van der Waals surface area contributed by atoms with E-state index in [1.165, 1.54) is 12.1 Å². The van der Waals surface area contributed by atoms with E-state index in [0.29, 0.717) is 18.9 Å². The summed E-state index contributed by atoms with van der Waals surface area (Å²) in [6.45, 7) is 5.82. The monoisotopic (exact) mass is 274 g/mol. The maximum Gasteiger partial charge on any atom is 0.130 e. The Hall–Kier alpha value is -1.94. The summed E-state index contributed by atoms with van der Waals surface area (Å²) in [5, 5.41) is 3.17. The molecule has 1 N–H and O–H groups in total. The van der Waals surface area contributed by atoms with Crippen LogP contribution in [-0.2, 0) is 13.2 Å². The van der Waals surface area contributed by atoms with Crippen LogP contribution in [-0.4, -0.2) is 11.5 Å². The normalized spacial score (nSPS) is 10.6. The smallest absolute Gasteiger partial charge is 0.130 e. The Kier molecular flexibility index (Phi) is 5.07. The van der Waals surface area contributed by atoms with E-state index in [2.05, 4.69) is 10.3 Å². The van der Waals surface area contributed by atoms with Gasteiger partial charge in [-0.1, -0.05) is 13.0 Å². The van der Waals surface area contributed by atoms with Gasteiger partial charge in [0.1, 0.15) is 18.2 Å². The summed E-state index contributed by atoms with van der Waals surface area (Å²) in [5.41, 5.74) is 2.81. The van der Waals surface area contributed by atoms with Crippen molar-refractivity contribution in [3.63, 3.8) is 0 Å². The minimum absolute atomic E-state index is 0.284. The summed E-state index contributed by atoms with van der Waals surface area (Å²) in [6.07, 6.45) is 1.73. The van der Waals surface area contributed by atoms with Crippen LogP contribution >= 0.6 is 0 Å². The molecule has 106 valence electrons. The van der Waals surface area contributed by atoms with E-state index in [0.717, 1.165) is 23.4 Å². The van der Waals surface area contributed by atoms with Crippen LogP contribution in [0.4, 0.5) is 4.39 Å². The van der Waals surface area contributed by atoms with E-state index in [-0.39, 0.29) is 5.82 Å². The summed E-state index contributed by atoms with van der Waals surface area (Å²) in [7, 11) is 0. The fourth-order valence-corrected chi connectivity index (χ4v) is 1.90. The van der Waals surface area contributed by atoms with Crippen molar-refractivity contribution in [2.75, 3.05) is 6.54 Å². The van der Waals surface area contributed by atoms with Crippen LogP contribution in [0.3, 0.4) is 0 Å². The van der Waals surface area contributed by atoms with E-state index in [1.807, 2.05) is 32.0 Å². The first-order valence-corrected chi connectivity index (χ1v) is 6.72. The maximum atomic E-state index is 13.5. The van der Waals surface area contributed by atoms with Crippen LogP contribution in [0.15, 0.2) is 36.5 Å². The van der Waals surface area contributed by atoms with Crippen molar-refractivity contribution >= 4 is 0 Å². The lowest BCUT2D eigenvalue weighted by atomic mass is 10.2. The van der Waals surface area contributed by atoms with E-state index in [9.17, 15) is 4.39 Å². The van der Waals surface area contributed by atoms with Crippen LogP contribution in [0, 0.1) is 12.7 Å². The van der Waals surface area contributed by atoms with Crippen LogP contribution in [0.1, 0.15) is 23.7 Å². The molecular formula is C16H19FN2O. The molecule has 0 atom stereocenters. The van der Waals surface area contributed by atoms with Gasteiger partial charge >= 0.3 is 0 Å². The number of ether oxygens (including phenoxy) is 1. The maximum absolute atomic E-state index is 13.5. The van der Waals surface area contributed by atoms with Gasteiger partial charge in [0, 0.05) is 18.8 Å². The molecule has 0 aliphatic rings. The molecule has 1 heterocycles. The molecule has 0 aliphatic carbocycles. The van der Waals surface area contributed by atoms with E-state index in [4.69, 9.17) is 4.74 Å². The van der Waals surface area contributed by atoms with Gasteiger partial charge in [-0.2, -0.15) is 0 Å². The fourth-order valence-electron chi connectivity index (χ4n) is 1.90. The van der Waals surface area contributed by atoms with Crippen molar-refractivity contribution in [1.29, 1.82) is 0 Å². The SMILES string of the molecule is CCNCc1cc(F)cc(OCc2ncccc2C)c1. The predicted octanol–water partition coefficient (Wildman–Crippen LogP) is 3.22. The highest BCUT2D eigenvalue weighted by molar-refractivity contribution is 5.30. The number of nitrogens with zero attached hydrogens (tertiary/aromatic N) is 1. The van der Waals surface area contributed by atoms with Crippen LogP contribution < -0.4 is 10.1 Å². The third-order valence-corrected chi connectivity index (χ3v) is 3.00. The van der Waals surface area contributed by atoms with E-state index >= 15 is 0 Å². The molecular weight excluding hydrogens is 255 g/mol. The Balaban J connectivity index is 2.05. The van der Waals surface area contributed by atoms with Gasteiger partial charge in [0.15, 0.2) is 0 Å². The summed E-state index contributed by atoms with van der Waals surface area (Å²) < 4.78 is 19.2. The molecule has 2 rings (SSSR count). The molecule has 2 aromatic rings.